The molecule has 0 aliphatic carbocycles. The Bertz CT molecular complexity index is 456. The van der Waals surface area contributed by atoms with Crippen molar-refractivity contribution >= 4 is 11.9 Å². The van der Waals surface area contributed by atoms with E-state index in [1.54, 1.807) is 12.0 Å². The number of imide groups is 1. The van der Waals surface area contributed by atoms with E-state index in [0.29, 0.717) is 25.6 Å². The zero-order chi connectivity index (χ0) is 17.9. The fourth-order valence-corrected chi connectivity index (χ4v) is 3.91. The summed E-state index contributed by atoms with van der Waals surface area (Å²) in [5.41, 5.74) is -0.655. The molecule has 138 valence electrons. The molecule has 0 aromatic rings. The molecule has 2 aliphatic rings. The molecule has 0 radical (unpaired) electrons. The van der Waals surface area contributed by atoms with E-state index in [2.05, 4.69) is 18.7 Å². The monoisotopic (exact) mass is 339 g/mol. The molecule has 0 N–H and O–H groups in total. The molecule has 0 aromatic carbocycles. The van der Waals surface area contributed by atoms with Crippen LogP contribution in [-0.2, 0) is 9.53 Å². The Labute approximate surface area is 146 Å². The number of carbonyl (C=O) groups excluding carboxylic acids is 2. The SMILES string of the molecule is COCCN1C(=O)N(CC(C)C)C(=O)C12CCN(CC(C)C)CC2. The van der Waals surface area contributed by atoms with E-state index in [9.17, 15) is 9.59 Å². The van der Waals surface area contributed by atoms with Gasteiger partial charge in [0, 0.05) is 39.8 Å². The largest absolute Gasteiger partial charge is 0.383 e. The number of carbonyl (C=O) groups is 2. The molecule has 0 aromatic heterocycles. The number of nitrogens with zero attached hydrogens (tertiary/aromatic N) is 3. The Kier molecular flexibility index (Phi) is 6.26. The molecule has 2 saturated heterocycles. The molecule has 3 amide bonds. The number of urea groups is 1. The van der Waals surface area contributed by atoms with Crippen LogP contribution < -0.4 is 0 Å². The quantitative estimate of drug-likeness (QED) is 0.666. The molecule has 2 fully saturated rings. The lowest BCUT2D eigenvalue weighted by Gasteiger charge is -2.42. The fourth-order valence-electron chi connectivity index (χ4n) is 3.91. The molecule has 1 spiro atoms. The zero-order valence-corrected chi connectivity index (χ0v) is 15.9. The highest BCUT2D eigenvalue weighted by atomic mass is 16.5. The molecule has 2 rings (SSSR count). The van der Waals surface area contributed by atoms with E-state index in [1.165, 1.54) is 4.90 Å². The van der Waals surface area contributed by atoms with E-state index in [4.69, 9.17) is 4.74 Å². The number of amides is 3. The first-order valence-electron chi connectivity index (χ1n) is 9.16. The summed E-state index contributed by atoms with van der Waals surface area (Å²) in [4.78, 5) is 31.7. The highest BCUT2D eigenvalue weighted by Crippen LogP contribution is 2.37. The standard InChI is InChI=1S/C18H33N3O3/c1-14(2)12-19-8-6-18(7-9-19)16(22)20(13-15(3)4)17(23)21(18)10-11-24-5/h14-15H,6-13H2,1-5H3. The fraction of sp³-hybridized carbons (Fsp3) is 0.889. The van der Waals surface area contributed by atoms with Crippen molar-refractivity contribution < 1.29 is 14.3 Å². The van der Waals surface area contributed by atoms with Gasteiger partial charge in [0.25, 0.3) is 5.91 Å². The van der Waals surface area contributed by atoms with E-state index < -0.39 is 5.54 Å². The average molecular weight is 339 g/mol. The van der Waals surface area contributed by atoms with E-state index in [1.807, 2.05) is 13.8 Å². The van der Waals surface area contributed by atoms with Gasteiger partial charge in [-0.25, -0.2) is 4.79 Å². The van der Waals surface area contributed by atoms with Gasteiger partial charge in [0.15, 0.2) is 0 Å². The minimum absolute atomic E-state index is 0.00139. The maximum absolute atomic E-state index is 13.1. The van der Waals surface area contributed by atoms with Gasteiger partial charge in [-0.2, -0.15) is 0 Å². The number of piperidine rings is 1. The summed E-state index contributed by atoms with van der Waals surface area (Å²) in [7, 11) is 1.63. The third-order valence-corrected chi connectivity index (χ3v) is 5.00. The summed E-state index contributed by atoms with van der Waals surface area (Å²) in [6.07, 6.45) is 1.45. The lowest BCUT2D eigenvalue weighted by atomic mass is 9.85. The van der Waals surface area contributed by atoms with Gasteiger partial charge in [-0.1, -0.05) is 27.7 Å². The van der Waals surface area contributed by atoms with E-state index in [0.717, 1.165) is 32.5 Å². The van der Waals surface area contributed by atoms with Crippen molar-refractivity contribution in [1.29, 1.82) is 0 Å². The van der Waals surface area contributed by atoms with Crippen molar-refractivity contribution in [3.63, 3.8) is 0 Å². The topological polar surface area (TPSA) is 53.1 Å². The van der Waals surface area contributed by atoms with Gasteiger partial charge in [-0.3, -0.25) is 9.69 Å². The number of likely N-dealkylation sites (tertiary alicyclic amines) is 1. The minimum atomic E-state index is -0.655. The van der Waals surface area contributed by atoms with Crippen molar-refractivity contribution in [1.82, 2.24) is 14.7 Å². The van der Waals surface area contributed by atoms with Gasteiger partial charge in [-0.05, 0) is 24.7 Å². The first kappa shape index (κ1) is 19.2. The molecule has 0 bridgehead atoms. The molecule has 2 aliphatic heterocycles. The molecule has 0 atom stereocenters. The molecule has 6 nitrogen and oxygen atoms in total. The number of rotatable bonds is 7. The van der Waals surface area contributed by atoms with Crippen LogP contribution in [-0.4, -0.2) is 78.6 Å². The predicted molar refractivity (Wildman–Crippen MR) is 93.8 cm³/mol. The van der Waals surface area contributed by atoms with Crippen LogP contribution in [0.4, 0.5) is 4.79 Å². The predicted octanol–water partition coefficient (Wildman–Crippen LogP) is 2.04. The van der Waals surface area contributed by atoms with E-state index in [-0.39, 0.29) is 17.9 Å². The first-order valence-corrected chi connectivity index (χ1v) is 9.16. The summed E-state index contributed by atoms with van der Waals surface area (Å²) in [6.45, 7) is 12.7. The van der Waals surface area contributed by atoms with Gasteiger partial charge < -0.3 is 14.5 Å². The smallest absolute Gasteiger partial charge is 0.327 e. The van der Waals surface area contributed by atoms with E-state index >= 15 is 0 Å². The van der Waals surface area contributed by atoms with Gasteiger partial charge in [0.1, 0.15) is 5.54 Å². The van der Waals surface area contributed by atoms with Gasteiger partial charge in [0.2, 0.25) is 0 Å². The molecule has 2 heterocycles. The third kappa shape index (κ3) is 3.75. The lowest BCUT2D eigenvalue weighted by molar-refractivity contribution is -0.136. The Morgan fingerprint density at radius 2 is 1.62 bits per heavy atom. The lowest BCUT2D eigenvalue weighted by Crippen LogP contribution is -2.57. The maximum atomic E-state index is 13.1. The normalized spacial score (nSPS) is 21.8. The second-order valence-corrected chi connectivity index (χ2v) is 7.96. The van der Waals surface area contributed by atoms with Crippen molar-refractivity contribution in [2.45, 2.75) is 46.1 Å². The highest BCUT2D eigenvalue weighted by Gasteiger charge is 2.57. The van der Waals surface area contributed by atoms with Crippen LogP contribution in [0.25, 0.3) is 0 Å². The maximum Gasteiger partial charge on any atom is 0.327 e. The summed E-state index contributed by atoms with van der Waals surface area (Å²) in [5, 5.41) is 0. The van der Waals surface area contributed by atoms with Crippen LogP contribution >= 0.6 is 0 Å². The van der Waals surface area contributed by atoms with Crippen LogP contribution in [0.3, 0.4) is 0 Å². The molecule has 24 heavy (non-hydrogen) atoms. The summed E-state index contributed by atoms with van der Waals surface area (Å²) in [6, 6.07) is -0.136. The Hall–Kier alpha value is -1.14. The van der Waals surface area contributed by atoms with Crippen molar-refractivity contribution in [2.75, 3.05) is 46.4 Å². The van der Waals surface area contributed by atoms with Crippen molar-refractivity contribution in [2.24, 2.45) is 11.8 Å². The van der Waals surface area contributed by atoms with Crippen molar-refractivity contribution in [3.8, 4) is 0 Å². The highest BCUT2D eigenvalue weighted by molar-refractivity contribution is 6.07. The molecule has 0 unspecified atom stereocenters. The molecular formula is C18H33N3O3. The van der Waals surface area contributed by atoms with Gasteiger partial charge >= 0.3 is 6.03 Å². The first-order chi connectivity index (χ1) is 11.3. The molecule has 0 saturated carbocycles. The summed E-state index contributed by atoms with van der Waals surface area (Å²) in [5.74, 6) is 0.891. The Morgan fingerprint density at radius 1 is 1.04 bits per heavy atom. The van der Waals surface area contributed by atoms with Crippen LogP contribution in [0.5, 0.6) is 0 Å². The minimum Gasteiger partial charge on any atom is -0.383 e. The third-order valence-electron chi connectivity index (χ3n) is 5.00. The number of hydrogen-bond acceptors (Lipinski definition) is 4. The van der Waals surface area contributed by atoms with Crippen LogP contribution in [0.15, 0.2) is 0 Å². The summed E-state index contributed by atoms with van der Waals surface area (Å²) < 4.78 is 5.18. The second kappa shape index (κ2) is 7.83. The Morgan fingerprint density at radius 3 is 2.12 bits per heavy atom. The second-order valence-electron chi connectivity index (χ2n) is 7.96. The zero-order valence-electron chi connectivity index (χ0n) is 15.9. The summed E-state index contributed by atoms with van der Waals surface area (Å²) >= 11 is 0. The Balaban J connectivity index is 2.18. The van der Waals surface area contributed by atoms with Gasteiger partial charge in [0.05, 0.1) is 6.61 Å². The van der Waals surface area contributed by atoms with Crippen LogP contribution in [0.2, 0.25) is 0 Å². The number of methoxy groups -OCH3 is 1. The average Bonchev–Trinajstić information content (AvgIpc) is 2.69. The van der Waals surface area contributed by atoms with Gasteiger partial charge in [-0.15, -0.1) is 0 Å². The van der Waals surface area contributed by atoms with Crippen molar-refractivity contribution in [3.05, 3.63) is 0 Å². The van der Waals surface area contributed by atoms with Crippen LogP contribution in [0.1, 0.15) is 40.5 Å². The number of ether oxygens (including phenoxy) is 1. The molecule has 6 heteroatoms. The molecular weight excluding hydrogens is 306 g/mol. The number of hydrogen-bond donors (Lipinski definition) is 0. The van der Waals surface area contributed by atoms with Crippen LogP contribution in [0, 0.1) is 11.8 Å².